The number of aryl methyl sites for hydroxylation is 1. The maximum atomic E-state index is 12.2. The van der Waals surface area contributed by atoms with E-state index in [9.17, 15) is 8.42 Å². The van der Waals surface area contributed by atoms with Gasteiger partial charge in [0.1, 0.15) is 10.7 Å². The lowest BCUT2D eigenvalue weighted by atomic mass is 10.3. The van der Waals surface area contributed by atoms with Gasteiger partial charge in [-0.3, -0.25) is 9.82 Å². The first-order valence-corrected chi connectivity index (χ1v) is 7.68. The molecular weight excluding hydrogens is 309 g/mol. The van der Waals surface area contributed by atoms with Gasteiger partial charge in [0.05, 0.1) is 16.2 Å². The maximum absolute atomic E-state index is 12.2. The molecule has 2 N–H and O–H groups in total. The average Bonchev–Trinajstić information content (AvgIpc) is 2.78. The topological polar surface area (TPSA) is 74.8 Å². The zero-order valence-corrected chi connectivity index (χ0v) is 12.3. The largest absolute Gasteiger partial charge is 0.264 e. The van der Waals surface area contributed by atoms with Crippen LogP contribution in [0.15, 0.2) is 29.3 Å². The highest BCUT2D eigenvalue weighted by Crippen LogP contribution is 2.30. The SMILES string of the molecule is CCc1cn[nH]c1NS(=O)(=O)c1cccc(Cl)c1Cl. The van der Waals surface area contributed by atoms with E-state index in [1.165, 1.54) is 18.2 Å². The third-order valence-electron chi connectivity index (χ3n) is 2.54. The summed E-state index contributed by atoms with van der Waals surface area (Å²) in [5.41, 5.74) is 0.765. The summed E-state index contributed by atoms with van der Waals surface area (Å²) >= 11 is 11.7. The number of aromatic amines is 1. The number of sulfonamides is 1. The molecular formula is C11H11Cl2N3O2S. The van der Waals surface area contributed by atoms with Crippen molar-refractivity contribution in [2.45, 2.75) is 18.2 Å². The van der Waals surface area contributed by atoms with Crippen LogP contribution < -0.4 is 4.72 Å². The lowest BCUT2D eigenvalue weighted by Gasteiger charge is -2.09. The number of anilines is 1. The Balaban J connectivity index is 2.41. The minimum absolute atomic E-state index is 0.00534. The van der Waals surface area contributed by atoms with Crippen LogP contribution in [0.2, 0.25) is 10.0 Å². The standard InChI is InChI=1S/C11H11Cl2N3O2S/c1-2-7-6-14-15-11(7)16-19(17,18)9-5-3-4-8(12)10(9)13/h3-6H,2H2,1H3,(H2,14,15,16). The Hall–Kier alpha value is -1.24. The molecule has 0 aliphatic carbocycles. The Morgan fingerprint density at radius 1 is 1.37 bits per heavy atom. The summed E-state index contributed by atoms with van der Waals surface area (Å²) in [7, 11) is -3.81. The molecule has 0 radical (unpaired) electrons. The molecule has 102 valence electrons. The molecule has 0 bridgehead atoms. The Kier molecular flexibility index (Phi) is 4.03. The van der Waals surface area contributed by atoms with Crippen LogP contribution in [-0.4, -0.2) is 18.6 Å². The van der Waals surface area contributed by atoms with Crippen molar-refractivity contribution in [1.82, 2.24) is 10.2 Å². The van der Waals surface area contributed by atoms with Crippen molar-refractivity contribution < 1.29 is 8.42 Å². The maximum Gasteiger partial charge on any atom is 0.264 e. The number of nitrogens with zero attached hydrogens (tertiary/aromatic N) is 1. The predicted octanol–water partition coefficient (Wildman–Crippen LogP) is 3.08. The molecule has 1 aromatic carbocycles. The third-order valence-corrected chi connectivity index (χ3v) is 4.86. The van der Waals surface area contributed by atoms with Crippen LogP contribution >= 0.6 is 23.2 Å². The molecule has 0 aliphatic rings. The van der Waals surface area contributed by atoms with E-state index in [1.54, 1.807) is 6.20 Å². The molecule has 0 fully saturated rings. The quantitative estimate of drug-likeness (QED) is 0.909. The molecule has 1 heterocycles. The number of rotatable bonds is 4. The van der Waals surface area contributed by atoms with Crippen molar-refractivity contribution in [1.29, 1.82) is 0 Å². The monoisotopic (exact) mass is 319 g/mol. The lowest BCUT2D eigenvalue weighted by molar-refractivity contribution is 0.601. The van der Waals surface area contributed by atoms with E-state index in [0.717, 1.165) is 5.56 Å². The van der Waals surface area contributed by atoms with Crippen molar-refractivity contribution in [3.8, 4) is 0 Å². The summed E-state index contributed by atoms with van der Waals surface area (Å²) in [5, 5.41) is 6.58. The zero-order chi connectivity index (χ0) is 14.0. The van der Waals surface area contributed by atoms with E-state index in [-0.39, 0.29) is 14.9 Å². The van der Waals surface area contributed by atoms with Crippen LogP contribution in [0, 0.1) is 0 Å². The van der Waals surface area contributed by atoms with Crippen molar-refractivity contribution in [2.75, 3.05) is 4.72 Å². The van der Waals surface area contributed by atoms with Gasteiger partial charge in [-0.15, -0.1) is 0 Å². The molecule has 0 unspecified atom stereocenters. The highest BCUT2D eigenvalue weighted by atomic mass is 35.5. The van der Waals surface area contributed by atoms with Crippen LogP contribution in [-0.2, 0) is 16.4 Å². The number of H-pyrrole nitrogens is 1. The predicted molar refractivity (Wildman–Crippen MR) is 75.2 cm³/mol. The van der Waals surface area contributed by atoms with E-state index in [1.807, 2.05) is 6.92 Å². The van der Waals surface area contributed by atoms with Gasteiger partial charge in [0.15, 0.2) is 0 Å². The van der Waals surface area contributed by atoms with E-state index in [4.69, 9.17) is 23.2 Å². The van der Waals surface area contributed by atoms with Crippen molar-refractivity contribution in [3.63, 3.8) is 0 Å². The summed E-state index contributed by atoms with van der Waals surface area (Å²) in [6.45, 7) is 1.90. The minimum Gasteiger partial charge on any atom is -0.263 e. The second kappa shape index (κ2) is 5.40. The van der Waals surface area contributed by atoms with Crippen molar-refractivity contribution in [2.24, 2.45) is 0 Å². The van der Waals surface area contributed by atoms with E-state index < -0.39 is 10.0 Å². The number of halogens is 2. The van der Waals surface area contributed by atoms with Gasteiger partial charge in [0.2, 0.25) is 0 Å². The van der Waals surface area contributed by atoms with Gasteiger partial charge in [-0.25, -0.2) is 8.42 Å². The molecule has 5 nitrogen and oxygen atoms in total. The number of benzene rings is 1. The van der Waals surface area contributed by atoms with Gasteiger partial charge >= 0.3 is 0 Å². The molecule has 19 heavy (non-hydrogen) atoms. The summed E-state index contributed by atoms with van der Waals surface area (Å²) in [5.74, 6) is 0.332. The van der Waals surface area contributed by atoms with Crippen molar-refractivity contribution in [3.05, 3.63) is 40.0 Å². The summed E-state index contributed by atoms with van der Waals surface area (Å²) < 4.78 is 26.9. The van der Waals surface area contributed by atoms with Gasteiger partial charge in [0, 0.05) is 5.56 Å². The Labute approximate surface area is 121 Å². The smallest absolute Gasteiger partial charge is 0.263 e. The minimum atomic E-state index is -3.81. The van der Waals surface area contributed by atoms with Gasteiger partial charge in [-0.2, -0.15) is 5.10 Å². The van der Waals surface area contributed by atoms with Crippen LogP contribution in [0.4, 0.5) is 5.82 Å². The number of hydrogen-bond acceptors (Lipinski definition) is 3. The molecule has 0 atom stereocenters. The molecule has 0 aliphatic heterocycles. The second-order valence-corrected chi connectivity index (χ2v) is 6.22. The van der Waals surface area contributed by atoms with Crippen LogP contribution in [0.3, 0.4) is 0 Å². The highest BCUT2D eigenvalue weighted by Gasteiger charge is 2.21. The third kappa shape index (κ3) is 2.86. The molecule has 2 aromatic rings. The Morgan fingerprint density at radius 3 is 2.79 bits per heavy atom. The highest BCUT2D eigenvalue weighted by molar-refractivity contribution is 7.92. The number of hydrogen-bond donors (Lipinski definition) is 2. The van der Waals surface area contributed by atoms with Crippen LogP contribution in [0.25, 0.3) is 0 Å². The molecule has 0 saturated carbocycles. The zero-order valence-electron chi connectivity index (χ0n) is 9.94. The summed E-state index contributed by atoms with van der Waals surface area (Å²) in [6.07, 6.45) is 2.22. The average molecular weight is 320 g/mol. The fourth-order valence-electron chi connectivity index (χ4n) is 1.55. The number of nitrogens with one attached hydrogen (secondary N) is 2. The van der Waals surface area contributed by atoms with Gasteiger partial charge in [-0.1, -0.05) is 36.2 Å². The molecule has 1 aromatic heterocycles. The van der Waals surface area contributed by atoms with Gasteiger partial charge < -0.3 is 0 Å². The van der Waals surface area contributed by atoms with Crippen molar-refractivity contribution >= 4 is 39.0 Å². The van der Waals surface area contributed by atoms with Crippen LogP contribution in [0.5, 0.6) is 0 Å². The first-order chi connectivity index (χ1) is 8.95. The first kappa shape index (κ1) is 14.2. The number of aromatic nitrogens is 2. The van der Waals surface area contributed by atoms with E-state index >= 15 is 0 Å². The molecule has 0 spiro atoms. The normalized spacial score (nSPS) is 11.5. The van der Waals surface area contributed by atoms with Crippen LogP contribution in [0.1, 0.15) is 12.5 Å². The van der Waals surface area contributed by atoms with Gasteiger partial charge in [-0.05, 0) is 18.6 Å². The molecule has 0 amide bonds. The summed E-state index contributed by atoms with van der Waals surface area (Å²) in [6, 6.07) is 4.44. The lowest BCUT2D eigenvalue weighted by Crippen LogP contribution is -2.14. The first-order valence-electron chi connectivity index (χ1n) is 5.44. The Bertz CT molecular complexity index is 698. The van der Waals surface area contributed by atoms with E-state index in [2.05, 4.69) is 14.9 Å². The fourth-order valence-corrected chi connectivity index (χ4v) is 3.37. The van der Waals surface area contributed by atoms with E-state index in [0.29, 0.717) is 12.2 Å². The Morgan fingerprint density at radius 2 is 2.11 bits per heavy atom. The van der Waals surface area contributed by atoms with Gasteiger partial charge in [0.25, 0.3) is 10.0 Å². The molecule has 2 rings (SSSR count). The summed E-state index contributed by atoms with van der Waals surface area (Å²) in [4.78, 5) is -0.0710. The fraction of sp³-hybridized carbons (Fsp3) is 0.182. The molecule has 0 saturated heterocycles. The molecule has 8 heteroatoms. The second-order valence-electron chi connectivity index (χ2n) is 3.78.